The van der Waals surface area contributed by atoms with Crippen LogP contribution >= 0.6 is 0 Å². The topological polar surface area (TPSA) is 26.0 Å². The standard InChI is InChI=1S/C12H14F3N/c1-7-6-9(7)11(16)8-4-2-3-5-10(8)12(13,14)15/h2-5,7,9,11H,6,16H2,1H3. The fourth-order valence-corrected chi connectivity index (χ4v) is 2.13. The van der Waals surface area contributed by atoms with Gasteiger partial charge in [0.2, 0.25) is 0 Å². The van der Waals surface area contributed by atoms with Crippen LogP contribution in [0.1, 0.15) is 30.5 Å². The maximum atomic E-state index is 12.7. The summed E-state index contributed by atoms with van der Waals surface area (Å²) in [5, 5.41) is 0. The molecule has 1 aromatic rings. The van der Waals surface area contributed by atoms with Gasteiger partial charge in [-0.05, 0) is 29.9 Å². The number of hydrogen-bond donors (Lipinski definition) is 1. The molecule has 1 aliphatic carbocycles. The van der Waals surface area contributed by atoms with Crippen molar-refractivity contribution in [2.24, 2.45) is 17.6 Å². The first kappa shape index (κ1) is 11.5. The van der Waals surface area contributed by atoms with Gasteiger partial charge in [0.1, 0.15) is 0 Å². The quantitative estimate of drug-likeness (QED) is 0.826. The lowest BCUT2D eigenvalue weighted by molar-refractivity contribution is -0.138. The van der Waals surface area contributed by atoms with E-state index in [9.17, 15) is 13.2 Å². The Balaban J connectivity index is 2.33. The molecule has 1 aliphatic rings. The van der Waals surface area contributed by atoms with Crippen molar-refractivity contribution in [2.75, 3.05) is 0 Å². The molecule has 0 spiro atoms. The minimum Gasteiger partial charge on any atom is -0.324 e. The highest BCUT2D eigenvalue weighted by molar-refractivity contribution is 5.33. The van der Waals surface area contributed by atoms with E-state index in [-0.39, 0.29) is 11.5 Å². The minimum atomic E-state index is -4.31. The number of benzene rings is 1. The molecule has 3 unspecified atom stereocenters. The molecule has 1 fully saturated rings. The van der Waals surface area contributed by atoms with Crippen molar-refractivity contribution in [1.29, 1.82) is 0 Å². The molecule has 0 radical (unpaired) electrons. The summed E-state index contributed by atoms with van der Waals surface area (Å²) in [4.78, 5) is 0. The molecule has 2 rings (SSSR count). The molecule has 0 saturated heterocycles. The molecule has 0 amide bonds. The molecule has 88 valence electrons. The van der Waals surface area contributed by atoms with E-state index in [2.05, 4.69) is 0 Å². The van der Waals surface area contributed by atoms with Crippen LogP contribution in [0.2, 0.25) is 0 Å². The first-order valence-electron chi connectivity index (χ1n) is 5.33. The molecule has 0 aromatic heterocycles. The van der Waals surface area contributed by atoms with Crippen molar-refractivity contribution in [1.82, 2.24) is 0 Å². The zero-order valence-corrected chi connectivity index (χ0v) is 8.96. The Morgan fingerprint density at radius 1 is 1.31 bits per heavy atom. The lowest BCUT2D eigenvalue weighted by Crippen LogP contribution is -2.19. The van der Waals surface area contributed by atoms with E-state index in [0.29, 0.717) is 5.92 Å². The molecule has 2 N–H and O–H groups in total. The summed E-state index contributed by atoms with van der Waals surface area (Å²) in [6.07, 6.45) is -3.39. The molecule has 1 saturated carbocycles. The Labute approximate surface area is 92.5 Å². The van der Waals surface area contributed by atoms with Gasteiger partial charge in [0.15, 0.2) is 0 Å². The smallest absolute Gasteiger partial charge is 0.324 e. The van der Waals surface area contributed by atoms with Crippen LogP contribution in [-0.4, -0.2) is 0 Å². The van der Waals surface area contributed by atoms with E-state index >= 15 is 0 Å². The highest BCUT2D eigenvalue weighted by atomic mass is 19.4. The summed E-state index contributed by atoms with van der Waals surface area (Å²) in [6.45, 7) is 2.01. The van der Waals surface area contributed by atoms with Gasteiger partial charge >= 0.3 is 6.18 Å². The summed E-state index contributed by atoms with van der Waals surface area (Å²) in [5.74, 6) is 0.639. The largest absolute Gasteiger partial charge is 0.416 e. The average Bonchev–Trinajstić information content (AvgIpc) is 2.93. The number of nitrogens with two attached hydrogens (primary N) is 1. The monoisotopic (exact) mass is 229 g/mol. The molecular formula is C12H14F3N. The van der Waals surface area contributed by atoms with Crippen LogP contribution in [0.15, 0.2) is 24.3 Å². The van der Waals surface area contributed by atoms with Gasteiger partial charge in [-0.1, -0.05) is 25.1 Å². The van der Waals surface area contributed by atoms with Gasteiger partial charge in [0.25, 0.3) is 0 Å². The molecule has 16 heavy (non-hydrogen) atoms. The predicted molar refractivity (Wildman–Crippen MR) is 55.6 cm³/mol. The Morgan fingerprint density at radius 2 is 1.88 bits per heavy atom. The van der Waals surface area contributed by atoms with Crippen LogP contribution in [-0.2, 0) is 6.18 Å². The third-order valence-electron chi connectivity index (χ3n) is 3.26. The van der Waals surface area contributed by atoms with E-state index in [0.717, 1.165) is 12.5 Å². The van der Waals surface area contributed by atoms with Gasteiger partial charge in [0.05, 0.1) is 5.56 Å². The van der Waals surface area contributed by atoms with Gasteiger partial charge in [0, 0.05) is 6.04 Å². The molecule has 1 nitrogen and oxygen atoms in total. The summed E-state index contributed by atoms with van der Waals surface area (Å²) in [7, 11) is 0. The molecule has 0 aliphatic heterocycles. The summed E-state index contributed by atoms with van der Waals surface area (Å²) in [6, 6.07) is 5.10. The third kappa shape index (κ3) is 2.07. The van der Waals surface area contributed by atoms with E-state index < -0.39 is 17.8 Å². The molecular weight excluding hydrogens is 215 g/mol. The van der Waals surface area contributed by atoms with Crippen molar-refractivity contribution in [2.45, 2.75) is 25.6 Å². The summed E-state index contributed by atoms with van der Waals surface area (Å²) >= 11 is 0. The second kappa shape index (κ2) is 3.77. The lowest BCUT2D eigenvalue weighted by atomic mass is 9.96. The zero-order valence-electron chi connectivity index (χ0n) is 8.96. The van der Waals surface area contributed by atoms with Gasteiger partial charge in [-0.25, -0.2) is 0 Å². The Bertz CT molecular complexity index is 386. The van der Waals surface area contributed by atoms with Crippen molar-refractivity contribution in [3.8, 4) is 0 Å². The number of halogens is 3. The molecule has 0 bridgehead atoms. The van der Waals surface area contributed by atoms with Gasteiger partial charge in [-0.3, -0.25) is 0 Å². The second-order valence-corrected chi connectivity index (χ2v) is 4.49. The fourth-order valence-electron chi connectivity index (χ4n) is 2.13. The number of rotatable bonds is 2. The van der Waals surface area contributed by atoms with Crippen LogP contribution < -0.4 is 5.73 Å². The first-order chi connectivity index (χ1) is 7.41. The van der Waals surface area contributed by atoms with Crippen LogP contribution in [0, 0.1) is 11.8 Å². The summed E-state index contributed by atoms with van der Waals surface area (Å²) in [5.41, 5.74) is 5.52. The van der Waals surface area contributed by atoms with Crippen LogP contribution in [0.5, 0.6) is 0 Å². The van der Waals surface area contributed by atoms with E-state index in [1.165, 1.54) is 12.1 Å². The van der Waals surface area contributed by atoms with E-state index in [4.69, 9.17) is 5.73 Å². The minimum absolute atomic E-state index is 0.198. The second-order valence-electron chi connectivity index (χ2n) is 4.49. The maximum Gasteiger partial charge on any atom is 0.416 e. The molecule has 1 aromatic carbocycles. The number of hydrogen-bond acceptors (Lipinski definition) is 1. The van der Waals surface area contributed by atoms with Crippen LogP contribution in [0.25, 0.3) is 0 Å². The van der Waals surface area contributed by atoms with E-state index in [1.54, 1.807) is 6.07 Å². The average molecular weight is 229 g/mol. The first-order valence-corrected chi connectivity index (χ1v) is 5.33. The highest BCUT2D eigenvalue weighted by Gasteiger charge is 2.42. The third-order valence-corrected chi connectivity index (χ3v) is 3.26. The molecule has 4 heteroatoms. The maximum absolute atomic E-state index is 12.7. The van der Waals surface area contributed by atoms with Crippen LogP contribution in [0.3, 0.4) is 0 Å². The van der Waals surface area contributed by atoms with Crippen molar-refractivity contribution >= 4 is 0 Å². The normalized spacial score (nSPS) is 26.6. The van der Waals surface area contributed by atoms with Gasteiger partial charge in [-0.2, -0.15) is 13.2 Å². The molecule has 3 atom stereocenters. The zero-order chi connectivity index (χ0) is 11.9. The van der Waals surface area contributed by atoms with E-state index in [1.807, 2.05) is 6.92 Å². The Kier molecular flexibility index (Phi) is 2.70. The Morgan fingerprint density at radius 3 is 2.38 bits per heavy atom. The van der Waals surface area contributed by atoms with Crippen LogP contribution in [0.4, 0.5) is 13.2 Å². The van der Waals surface area contributed by atoms with Gasteiger partial charge in [-0.15, -0.1) is 0 Å². The van der Waals surface area contributed by atoms with Gasteiger partial charge < -0.3 is 5.73 Å². The summed E-state index contributed by atoms with van der Waals surface area (Å²) < 4.78 is 38.2. The van der Waals surface area contributed by atoms with Crippen molar-refractivity contribution in [3.63, 3.8) is 0 Å². The van der Waals surface area contributed by atoms with Crippen molar-refractivity contribution < 1.29 is 13.2 Å². The predicted octanol–water partition coefficient (Wildman–Crippen LogP) is 3.36. The highest BCUT2D eigenvalue weighted by Crippen LogP contribution is 2.47. The number of alkyl halides is 3. The Hall–Kier alpha value is -1.03. The molecule has 0 heterocycles. The lowest BCUT2D eigenvalue weighted by Gasteiger charge is -2.18. The van der Waals surface area contributed by atoms with Crippen molar-refractivity contribution in [3.05, 3.63) is 35.4 Å². The SMILES string of the molecule is CC1CC1C(N)c1ccccc1C(F)(F)F. The fraction of sp³-hybridized carbons (Fsp3) is 0.500.